The van der Waals surface area contributed by atoms with Crippen LogP contribution in [-0.4, -0.2) is 14.9 Å². The molecule has 0 unspecified atom stereocenters. The van der Waals surface area contributed by atoms with Crippen LogP contribution in [0.3, 0.4) is 0 Å². The van der Waals surface area contributed by atoms with Gasteiger partial charge in [0, 0.05) is 12.7 Å². The Morgan fingerprint density at radius 3 is 2.18 bits per heavy atom. The average Bonchev–Trinajstić information content (AvgIpc) is 2.62. The molecule has 0 aliphatic rings. The van der Waals surface area contributed by atoms with E-state index >= 15 is 0 Å². The molecule has 3 heteroatoms. The summed E-state index contributed by atoms with van der Waals surface area (Å²) in [7, 11) is 0. The Hall–Kier alpha value is -0.830. The van der Waals surface area contributed by atoms with E-state index in [9.17, 15) is 5.11 Å². The van der Waals surface area contributed by atoms with E-state index in [4.69, 9.17) is 0 Å². The van der Waals surface area contributed by atoms with E-state index < -0.39 is 5.60 Å². The number of aromatic nitrogens is 2. The van der Waals surface area contributed by atoms with E-state index in [0.717, 1.165) is 25.1 Å². The van der Waals surface area contributed by atoms with Gasteiger partial charge in [-0.05, 0) is 37.7 Å². The van der Waals surface area contributed by atoms with Crippen LogP contribution in [-0.2, 0) is 12.1 Å². The molecule has 0 aliphatic carbocycles. The van der Waals surface area contributed by atoms with Gasteiger partial charge in [0.05, 0.1) is 5.69 Å². The van der Waals surface area contributed by atoms with E-state index in [0.29, 0.717) is 11.8 Å². The lowest BCUT2D eigenvalue weighted by molar-refractivity contribution is -0.0124. The van der Waals surface area contributed by atoms with Gasteiger partial charge in [-0.2, -0.15) is 5.10 Å². The topological polar surface area (TPSA) is 38.0 Å². The number of rotatable bonds is 6. The molecule has 0 aromatic carbocycles. The second kappa shape index (κ2) is 5.67. The summed E-state index contributed by atoms with van der Waals surface area (Å²) >= 11 is 0. The third-order valence-corrected chi connectivity index (χ3v) is 2.98. The van der Waals surface area contributed by atoms with Gasteiger partial charge in [-0.1, -0.05) is 27.7 Å². The van der Waals surface area contributed by atoms with Crippen LogP contribution >= 0.6 is 0 Å². The van der Waals surface area contributed by atoms with Crippen LogP contribution in [0.5, 0.6) is 0 Å². The highest BCUT2D eigenvalue weighted by atomic mass is 16.3. The lowest BCUT2D eigenvalue weighted by Gasteiger charge is -2.32. The number of aryl methyl sites for hydroxylation is 1. The lowest BCUT2D eigenvalue weighted by atomic mass is 9.82. The fraction of sp³-hybridized carbons (Fsp3) is 0.786. The molecule has 0 amide bonds. The van der Waals surface area contributed by atoms with Crippen LogP contribution in [0, 0.1) is 11.8 Å². The second-order valence-corrected chi connectivity index (χ2v) is 5.76. The van der Waals surface area contributed by atoms with Gasteiger partial charge < -0.3 is 5.11 Å². The average molecular weight is 238 g/mol. The molecule has 1 aromatic rings. The van der Waals surface area contributed by atoms with E-state index in [2.05, 4.69) is 39.7 Å². The van der Waals surface area contributed by atoms with Crippen LogP contribution in [0.4, 0.5) is 0 Å². The predicted octanol–water partition coefficient (Wildman–Crippen LogP) is 3.18. The van der Waals surface area contributed by atoms with Gasteiger partial charge in [0.25, 0.3) is 0 Å². The molecule has 0 saturated carbocycles. The van der Waals surface area contributed by atoms with Gasteiger partial charge >= 0.3 is 0 Å². The fourth-order valence-corrected chi connectivity index (χ4v) is 2.62. The van der Waals surface area contributed by atoms with E-state index in [1.165, 1.54) is 0 Å². The minimum Gasteiger partial charge on any atom is -0.384 e. The van der Waals surface area contributed by atoms with Gasteiger partial charge in [0.15, 0.2) is 0 Å². The van der Waals surface area contributed by atoms with Crippen molar-refractivity contribution in [1.82, 2.24) is 9.78 Å². The van der Waals surface area contributed by atoms with Crippen LogP contribution < -0.4 is 0 Å². The van der Waals surface area contributed by atoms with Crippen molar-refractivity contribution >= 4 is 0 Å². The Labute approximate surface area is 105 Å². The zero-order chi connectivity index (χ0) is 13.1. The lowest BCUT2D eigenvalue weighted by Crippen LogP contribution is -2.32. The first-order chi connectivity index (χ1) is 7.89. The summed E-state index contributed by atoms with van der Waals surface area (Å²) in [6, 6.07) is 1.95. The number of nitrogens with zero attached hydrogens (tertiary/aromatic N) is 2. The number of hydrogen-bond donors (Lipinski definition) is 1. The highest BCUT2D eigenvalue weighted by Crippen LogP contribution is 2.34. The molecule has 1 heterocycles. The number of hydrogen-bond acceptors (Lipinski definition) is 2. The highest BCUT2D eigenvalue weighted by molar-refractivity contribution is 5.12. The minimum atomic E-state index is -0.741. The minimum absolute atomic E-state index is 0.471. The maximum Gasteiger partial charge on any atom is 0.107 e. The highest BCUT2D eigenvalue weighted by Gasteiger charge is 2.33. The molecular weight excluding hydrogens is 212 g/mol. The predicted molar refractivity (Wildman–Crippen MR) is 70.7 cm³/mol. The molecule has 1 rings (SSSR count). The van der Waals surface area contributed by atoms with E-state index in [-0.39, 0.29) is 0 Å². The van der Waals surface area contributed by atoms with E-state index in [1.54, 1.807) is 6.20 Å². The van der Waals surface area contributed by atoms with Crippen LogP contribution in [0.1, 0.15) is 53.2 Å². The quantitative estimate of drug-likeness (QED) is 0.826. The third-order valence-electron chi connectivity index (χ3n) is 2.98. The summed E-state index contributed by atoms with van der Waals surface area (Å²) in [6.45, 7) is 11.5. The van der Waals surface area contributed by atoms with Crippen molar-refractivity contribution in [3.63, 3.8) is 0 Å². The Balaban J connectivity index is 3.04. The van der Waals surface area contributed by atoms with Gasteiger partial charge in [-0.3, -0.25) is 4.68 Å². The first kappa shape index (κ1) is 14.2. The summed E-state index contributed by atoms with van der Waals surface area (Å²) in [5.74, 6) is 0.943. The van der Waals surface area contributed by atoms with Crippen molar-refractivity contribution < 1.29 is 5.11 Å². The maximum absolute atomic E-state index is 11.0. The molecule has 0 aliphatic heterocycles. The monoisotopic (exact) mass is 238 g/mol. The molecule has 17 heavy (non-hydrogen) atoms. The molecular formula is C14H26N2O. The zero-order valence-corrected chi connectivity index (χ0v) is 11.8. The second-order valence-electron chi connectivity index (χ2n) is 5.76. The molecule has 0 atom stereocenters. The molecule has 0 bridgehead atoms. The van der Waals surface area contributed by atoms with E-state index in [1.807, 2.05) is 10.7 Å². The Morgan fingerprint density at radius 1 is 1.24 bits per heavy atom. The van der Waals surface area contributed by atoms with Crippen molar-refractivity contribution in [2.24, 2.45) is 11.8 Å². The SMILES string of the molecule is CCn1nccc1C(O)(CC(C)C)CC(C)C. The van der Waals surface area contributed by atoms with Crippen molar-refractivity contribution in [1.29, 1.82) is 0 Å². The van der Waals surface area contributed by atoms with Crippen LogP contribution in [0.2, 0.25) is 0 Å². The van der Waals surface area contributed by atoms with Gasteiger partial charge in [-0.25, -0.2) is 0 Å². The Bertz CT molecular complexity index is 332. The Kier molecular flexibility index (Phi) is 4.75. The van der Waals surface area contributed by atoms with Crippen molar-refractivity contribution in [3.05, 3.63) is 18.0 Å². The number of aliphatic hydroxyl groups is 1. The Morgan fingerprint density at radius 2 is 1.76 bits per heavy atom. The molecule has 0 saturated heterocycles. The zero-order valence-electron chi connectivity index (χ0n) is 11.8. The summed E-state index contributed by atoms with van der Waals surface area (Å²) in [6.07, 6.45) is 3.36. The van der Waals surface area contributed by atoms with Gasteiger partial charge in [0.1, 0.15) is 5.60 Å². The summed E-state index contributed by atoms with van der Waals surface area (Å²) in [5.41, 5.74) is 0.219. The van der Waals surface area contributed by atoms with Gasteiger partial charge in [0.2, 0.25) is 0 Å². The van der Waals surface area contributed by atoms with Crippen LogP contribution in [0.25, 0.3) is 0 Å². The molecule has 0 fully saturated rings. The summed E-state index contributed by atoms with van der Waals surface area (Å²) in [5, 5.41) is 15.2. The normalized spacial score (nSPS) is 12.7. The first-order valence-corrected chi connectivity index (χ1v) is 6.63. The van der Waals surface area contributed by atoms with Gasteiger partial charge in [-0.15, -0.1) is 0 Å². The third kappa shape index (κ3) is 3.56. The van der Waals surface area contributed by atoms with Crippen LogP contribution in [0.15, 0.2) is 12.3 Å². The summed E-state index contributed by atoms with van der Waals surface area (Å²) < 4.78 is 1.91. The largest absolute Gasteiger partial charge is 0.384 e. The smallest absolute Gasteiger partial charge is 0.107 e. The molecule has 0 spiro atoms. The molecule has 3 nitrogen and oxygen atoms in total. The molecule has 1 N–H and O–H groups in total. The summed E-state index contributed by atoms with van der Waals surface area (Å²) in [4.78, 5) is 0. The van der Waals surface area contributed by atoms with Crippen molar-refractivity contribution in [2.75, 3.05) is 0 Å². The molecule has 0 radical (unpaired) electrons. The standard InChI is InChI=1S/C14H26N2O/c1-6-16-13(7-8-15-16)14(17,9-11(2)3)10-12(4)5/h7-8,11-12,17H,6,9-10H2,1-5H3. The fourth-order valence-electron chi connectivity index (χ4n) is 2.62. The molecule has 98 valence electrons. The van der Waals surface area contributed by atoms with Crippen molar-refractivity contribution in [3.8, 4) is 0 Å². The first-order valence-electron chi connectivity index (χ1n) is 6.63. The van der Waals surface area contributed by atoms with Crippen molar-refractivity contribution in [2.45, 2.75) is 59.6 Å². The maximum atomic E-state index is 11.0. The molecule has 1 aromatic heterocycles.